The monoisotopic (exact) mass is 246 g/mol. The van der Waals surface area contributed by atoms with Crippen LogP contribution in [0.1, 0.15) is 20.3 Å². The molecule has 0 aliphatic rings. The summed E-state index contributed by atoms with van der Waals surface area (Å²) in [6.45, 7) is 4.23. The van der Waals surface area contributed by atoms with Gasteiger partial charge in [0.1, 0.15) is 0 Å². The fraction of sp³-hybridized carbons (Fsp3) is 0.818. The number of nitrogens with two attached hydrogens (primary N) is 1. The highest BCUT2D eigenvalue weighted by Crippen LogP contribution is 2.10. The van der Waals surface area contributed by atoms with E-state index in [2.05, 4.69) is 5.32 Å². The average molecular weight is 246 g/mol. The first-order valence-electron chi connectivity index (χ1n) is 5.65. The fourth-order valence-corrected chi connectivity index (χ4v) is 1.49. The third-order valence-electron chi connectivity index (χ3n) is 2.43. The van der Waals surface area contributed by atoms with Crippen LogP contribution in [0.3, 0.4) is 0 Å². The number of ether oxygens (including phenoxy) is 1. The number of carboxylic acids is 1. The van der Waals surface area contributed by atoms with Crippen LogP contribution in [0.4, 0.5) is 0 Å². The van der Waals surface area contributed by atoms with Gasteiger partial charge in [-0.2, -0.15) is 0 Å². The number of rotatable bonds is 8. The molecular formula is C11H22N2O4. The molecule has 0 aromatic rings. The molecule has 0 aliphatic heterocycles. The van der Waals surface area contributed by atoms with Gasteiger partial charge in [0.15, 0.2) is 6.10 Å². The third kappa shape index (κ3) is 6.23. The van der Waals surface area contributed by atoms with Gasteiger partial charge in [-0.25, -0.2) is 4.79 Å². The highest BCUT2D eigenvalue weighted by molar-refractivity contribution is 5.80. The van der Waals surface area contributed by atoms with E-state index in [1.807, 2.05) is 13.8 Å². The minimum absolute atomic E-state index is 0.0424. The van der Waals surface area contributed by atoms with Crippen LogP contribution in [0.25, 0.3) is 0 Å². The zero-order chi connectivity index (χ0) is 13.4. The molecule has 100 valence electrons. The number of nitrogens with one attached hydrogen (secondary N) is 1. The van der Waals surface area contributed by atoms with Gasteiger partial charge in [0, 0.05) is 13.7 Å². The summed E-state index contributed by atoms with van der Waals surface area (Å²) in [6.07, 6.45) is -0.330. The van der Waals surface area contributed by atoms with E-state index in [0.717, 1.165) is 0 Å². The first kappa shape index (κ1) is 15.9. The molecule has 0 heterocycles. The van der Waals surface area contributed by atoms with E-state index in [1.54, 1.807) is 0 Å². The van der Waals surface area contributed by atoms with Crippen molar-refractivity contribution in [3.8, 4) is 0 Å². The molecule has 0 aromatic heterocycles. The van der Waals surface area contributed by atoms with E-state index in [-0.39, 0.29) is 24.9 Å². The molecule has 17 heavy (non-hydrogen) atoms. The van der Waals surface area contributed by atoms with Crippen molar-refractivity contribution in [1.82, 2.24) is 5.32 Å². The summed E-state index contributed by atoms with van der Waals surface area (Å²) in [4.78, 5) is 22.4. The van der Waals surface area contributed by atoms with E-state index in [1.165, 1.54) is 7.11 Å². The number of methoxy groups -OCH3 is 1. The molecule has 0 rings (SSSR count). The third-order valence-corrected chi connectivity index (χ3v) is 2.43. The van der Waals surface area contributed by atoms with Crippen LogP contribution in [0, 0.1) is 11.8 Å². The van der Waals surface area contributed by atoms with E-state index < -0.39 is 12.1 Å². The quantitative estimate of drug-likeness (QED) is 0.551. The zero-order valence-corrected chi connectivity index (χ0v) is 10.6. The van der Waals surface area contributed by atoms with E-state index >= 15 is 0 Å². The molecule has 0 aromatic carbocycles. The molecule has 1 amide bonds. The maximum atomic E-state index is 11.7. The Labute approximate surface area is 102 Å². The molecular weight excluding hydrogens is 224 g/mol. The summed E-state index contributed by atoms with van der Waals surface area (Å²) in [6, 6.07) is 0. The predicted molar refractivity (Wildman–Crippen MR) is 63.4 cm³/mol. The van der Waals surface area contributed by atoms with Crippen LogP contribution in [0.15, 0.2) is 0 Å². The molecule has 6 heteroatoms. The SMILES string of the molecule is COC(CNC(=O)C(CN)CC(C)C)C(=O)O. The van der Waals surface area contributed by atoms with Crippen molar-refractivity contribution in [1.29, 1.82) is 0 Å². The zero-order valence-electron chi connectivity index (χ0n) is 10.6. The van der Waals surface area contributed by atoms with Crippen molar-refractivity contribution in [2.24, 2.45) is 17.6 Å². The van der Waals surface area contributed by atoms with Gasteiger partial charge in [-0.3, -0.25) is 4.79 Å². The van der Waals surface area contributed by atoms with Crippen LogP contribution >= 0.6 is 0 Å². The summed E-state index contributed by atoms with van der Waals surface area (Å²) >= 11 is 0. The van der Waals surface area contributed by atoms with Crippen LogP contribution in [0.5, 0.6) is 0 Å². The second-order valence-corrected chi connectivity index (χ2v) is 4.37. The molecule has 2 unspecified atom stereocenters. The van der Waals surface area contributed by atoms with E-state index in [4.69, 9.17) is 15.6 Å². The Balaban J connectivity index is 4.18. The standard InChI is InChI=1S/C11H22N2O4/c1-7(2)4-8(5-12)10(14)13-6-9(17-3)11(15)16/h7-9H,4-6,12H2,1-3H3,(H,13,14)(H,15,16). The first-order valence-corrected chi connectivity index (χ1v) is 5.65. The van der Waals surface area contributed by atoms with Gasteiger partial charge in [0.2, 0.25) is 5.91 Å². The maximum absolute atomic E-state index is 11.7. The number of aliphatic carboxylic acids is 1. The molecule has 0 saturated carbocycles. The molecule has 0 saturated heterocycles. The number of carbonyl (C=O) groups is 2. The summed E-state index contributed by atoms with van der Waals surface area (Å²) in [5.41, 5.74) is 5.51. The minimum Gasteiger partial charge on any atom is -0.479 e. The summed E-state index contributed by atoms with van der Waals surface area (Å²) in [5, 5.41) is 11.3. The van der Waals surface area contributed by atoms with Gasteiger partial charge in [-0.05, 0) is 12.3 Å². The highest BCUT2D eigenvalue weighted by Gasteiger charge is 2.21. The Kier molecular flexibility index (Phi) is 7.49. The molecule has 0 aliphatic carbocycles. The van der Waals surface area contributed by atoms with Crippen molar-refractivity contribution in [2.75, 3.05) is 20.2 Å². The van der Waals surface area contributed by atoms with Crippen LogP contribution < -0.4 is 11.1 Å². The average Bonchev–Trinajstić information content (AvgIpc) is 2.25. The molecule has 0 spiro atoms. The maximum Gasteiger partial charge on any atom is 0.334 e. The Hall–Kier alpha value is -1.14. The molecule has 2 atom stereocenters. The predicted octanol–water partition coefficient (Wildman–Crippen LogP) is -0.177. The normalized spacial score (nSPS) is 14.4. The van der Waals surface area contributed by atoms with Gasteiger partial charge in [-0.15, -0.1) is 0 Å². The lowest BCUT2D eigenvalue weighted by atomic mass is 9.96. The van der Waals surface area contributed by atoms with Gasteiger partial charge in [-0.1, -0.05) is 13.8 Å². The lowest BCUT2D eigenvalue weighted by Crippen LogP contribution is -2.42. The summed E-state index contributed by atoms with van der Waals surface area (Å²) in [5.74, 6) is -1.22. The smallest absolute Gasteiger partial charge is 0.334 e. The Morgan fingerprint density at radius 3 is 2.35 bits per heavy atom. The lowest BCUT2D eigenvalue weighted by molar-refractivity contribution is -0.148. The molecule has 0 bridgehead atoms. The van der Waals surface area contributed by atoms with Crippen LogP contribution in [-0.4, -0.2) is 43.3 Å². The van der Waals surface area contributed by atoms with Crippen molar-refractivity contribution < 1.29 is 19.4 Å². The summed E-state index contributed by atoms with van der Waals surface area (Å²) < 4.78 is 4.71. The van der Waals surface area contributed by atoms with Gasteiger partial charge >= 0.3 is 5.97 Å². The van der Waals surface area contributed by atoms with Crippen molar-refractivity contribution in [2.45, 2.75) is 26.4 Å². The van der Waals surface area contributed by atoms with Gasteiger partial charge < -0.3 is 20.9 Å². The van der Waals surface area contributed by atoms with Crippen molar-refractivity contribution in [3.05, 3.63) is 0 Å². The van der Waals surface area contributed by atoms with Crippen LogP contribution in [0.2, 0.25) is 0 Å². The number of carboxylic acid groups (broad SMARTS) is 1. The van der Waals surface area contributed by atoms with E-state index in [0.29, 0.717) is 12.3 Å². The molecule has 0 fully saturated rings. The highest BCUT2D eigenvalue weighted by atomic mass is 16.5. The minimum atomic E-state index is -1.10. The van der Waals surface area contributed by atoms with Crippen molar-refractivity contribution in [3.63, 3.8) is 0 Å². The largest absolute Gasteiger partial charge is 0.479 e. The summed E-state index contributed by atoms with van der Waals surface area (Å²) in [7, 11) is 1.29. The topological polar surface area (TPSA) is 102 Å². The number of hydrogen-bond acceptors (Lipinski definition) is 4. The number of amides is 1. The number of hydrogen-bond donors (Lipinski definition) is 3. The first-order chi connectivity index (χ1) is 7.92. The Bertz CT molecular complexity index is 256. The molecule has 6 nitrogen and oxygen atoms in total. The van der Waals surface area contributed by atoms with E-state index in [9.17, 15) is 9.59 Å². The molecule has 0 radical (unpaired) electrons. The van der Waals surface area contributed by atoms with Crippen molar-refractivity contribution >= 4 is 11.9 Å². The lowest BCUT2D eigenvalue weighted by Gasteiger charge is -2.18. The van der Waals surface area contributed by atoms with Gasteiger partial charge in [0.05, 0.1) is 12.5 Å². The second-order valence-electron chi connectivity index (χ2n) is 4.37. The van der Waals surface area contributed by atoms with Gasteiger partial charge in [0.25, 0.3) is 0 Å². The van der Waals surface area contributed by atoms with Crippen LogP contribution in [-0.2, 0) is 14.3 Å². The molecule has 4 N–H and O–H groups in total. The fourth-order valence-electron chi connectivity index (χ4n) is 1.49. The Morgan fingerprint density at radius 2 is 2.00 bits per heavy atom. The Morgan fingerprint density at radius 1 is 1.41 bits per heavy atom. The second kappa shape index (κ2) is 8.03. The number of carbonyl (C=O) groups excluding carboxylic acids is 1.